The zero-order chi connectivity index (χ0) is 17.5. The molecule has 0 aliphatic carbocycles. The second-order valence-electron chi connectivity index (χ2n) is 6.55. The highest BCUT2D eigenvalue weighted by Crippen LogP contribution is 2.18. The van der Waals surface area contributed by atoms with Gasteiger partial charge in [0, 0.05) is 25.7 Å². The molecule has 1 aliphatic heterocycles. The van der Waals surface area contributed by atoms with Gasteiger partial charge in [0.05, 0.1) is 0 Å². The van der Waals surface area contributed by atoms with Crippen LogP contribution in [-0.2, 0) is 6.42 Å². The van der Waals surface area contributed by atoms with Crippen molar-refractivity contribution in [1.29, 1.82) is 0 Å². The highest BCUT2D eigenvalue weighted by atomic mass is 16.1. The molecule has 1 aromatic carbocycles. The van der Waals surface area contributed by atoms with Crippen molar-refractivity contribution in [3.8, 4) is 0 Å². The molecule has 1 N–H and O–H groups in total. The van der Waals surface area contributed by atoms with Crippen molar-refractivity contribution in [3.05, 3.63) is 53.5 Å². The molecule has 5 heteroatoms. The number of carbonyl (C=O) groups excluding carboxylic acids is 1. The van der Waals surface area contributed by atoms with E-state index in [-0.39, 0.29) is 5.91 Å². The fourth-order valence-electron chi connectivity index (χ4n) is 3.19. The monoisotopic (exact) mass is 338 g/mol. The lowest BCUT2D eigenvalue weighted by Crippen LogP contribution is -2.29. The van der Waals surface area contributed by atoms with Crippen LogP contribution in [0.1, 0.15) is 47.6 Å². The van der Waals surface area contributed by atoms with Crippen molar-refractivity contribution in [2.45, 2.75) is 39.0 Å². The van der Waals surface area contributed by atoms with Gasteiger partial charge in [-0.05, 0) is 31.7 Å². The van der Waals surface area contributed by atoms with E-state index in [0.717, 1.165) is 25.3 Å². The molecular weight excluding hydrogens is 312 g/mol. The van der Waals surface area contributed by atoms with Gasteiger partial charge in [0.1, 0.15) is 17.3 Å². The Balaban J connectivity index is 1.63. The van der Waals surface area contributed by atoms with Crippen molar-refractivity contribution < 1.29 is 4.79 Å². The van der Waals surface area contributed by atoms with Gasteiger partial charge in [-0.15, -0.1) is 0 Å². The summed E-state index contributed by atoms with van der Waals surface area (Å²) in [7, 11) is 0. The number of hydrogen-bond acceptors (Lipinski definition) is 4. The Bertz CT molecular complexity index is 694. The fourth-order valence-corrected chi connectivity index (χ4v) is 3.19. The van der Waals surface area contributed by atoms with Crippen molar-refractivity contribution in [2.24, 2.45) is 0 Å². The van der Waals surface area contributed by atoms with Crippen molar-refractivity contribution in [3.63, 3.8) is 0 Å². The van der Waals surface area contributed by atoms with Crippen molar-refractivity contribution in [1.82, 2.24) is 15.3 Å². The number of nitrogens with one attached hydrogen (secondary N) is 1. The van der Waals surface area contributed by atoms with E-state index < -0.39 is 0 Å². The Morgan fingerprint density at radius 3 is 2.52 bits per heavy atom. The lowest BCUT2D eigenvalue weighted by molar-refractivity contribution is 0.0948. The molecule has 1 fully saturated rings. The van der Waals surface area contributed by atoms with Gasteiger partial charge in [-0.2, -0.15) is 0 Å². The van der Waals surface area contributed by atoms with E-state index in [9.17, 15) is 4.79 Å². The largest absolute Gasteiger partial charge is 0.356 e. The minimum absolute atomic E-state index is 0.127. The Labute approximate surface area is 149 Å². The average Bonchev–Trinajstić information content (AvgIpc) is 2.91. The molecule has 0 bridgehead atoms. The fraction of sp³-hybridized carbons (Fsp3) is 0.450. The van der Waals surface area contributed by atoms with Crippen LogP contribution in [0, 0.1) is 6.92 Å². The molecular formula is C20H26N4O. The maximum atomic E-state index is 12.5. The second-order valence-corrected chi connectivity index (χ2v) is 6.55. The van der Waals surface area contributed by atoms with Gasteiger partial charge in [0.2, 0.25) is 0 Å². The summed E-state index contributed by atoms with van der Waals surface area (Å²) in [4.78, 5) is 23.6. The molecule has 5 nitrogen and oxygen atoms in total. The zero-order valence-electron chi connectivity index (χ0n) is 14.9. The van der Waals surface area contributed by atoms with Crippen LogP contribution < -0.4 is 10.2 Å². The third-order valence-electron chi connectivity index (χ3n) is 4.53. The van der Waals surface area contributed by atoms with Crippen molar-refractivity contribution >= 4 is 11.7 Å². The summed E-state index contributed by atoms with van der Waals surface area (Å²) < 4.78 is 0. The molecule has 1 amide bonds. The zero-order valence-corrected chi connectivity index (χ0v) is 14.9. The molecule has 2 heterocycles. The number of benzene rings is 1. The SMILES string of the molecule is Cc1nc(C(=O)NCCc2ccccc2)cc(N2CCCCCC2)n1. The second kappa shape index (κ2) is 8.60. The molecule has 2 aromatic rings. The summed E-state index contributed by atoms with van der Waals surface area (Å²) in [6.45, 7) is 4.46. The maximum absolute atomic E-state index is 12.5. The first-order valence-corrected chi connectivity index (χ1v) is 9.15. The smallest absolute Gasteiger partial charge is 0.270 e. The number of rotatable bonds is 5. The number of carbonyl (C=O) groups is 1. The van der Waals surface area contributed by atoms with Crippen LogP contribution in [-0.4, -0.2) is 35.5 Å². The van der Waals surface area contributed by atoms with Crippen LogP contribution in [0.4, 0.5) is 5.82 Å². The number of amides is 1. The topological polar surface area (TPSA) is 58.1 Å². The molecule has 132 valence electrons. The first-order valence-electron chi connectivity index (χ1n) is 9.15. The summed E-state index contributed by atoms with van der Waals surface area (Å²) in [5.74, 6) is 1.40. The summed E-state index contributed by atoms with van der Waals surface area (Å²) in [5, 5.41) is 2.97. The molecule has 0 atom stereocenters. The average molecular weight is 338 g/mol. The molecule has 0 saturated carbocycles. The summed E-state index contributed by atoms with van der Waals surface area (Å²) in [6.07, 6.45) is 5.72. The Morgan fingerprint density at radius 1 is 1.08 bits per heavy atom. The standard InChI is InChI=1S/C20H26N4O/c1-16-22-18(15-19(23-16)24-13-7-2-3-8-14-24)20(25)21-12-11-17-9-5-4-6-10-17/h4-6,9-10,15H,2-3,7-8,11-14H2,1H3,(H,21,25). The number of aryl methyl sites for hydroxylation is 1. The number of anilines is 1. The quantitative estimate of drug-likeness (QED) is 0.910. The van der Waals surface area contributed by atoms with E-state index in [2.05, 4.69) is 32.3 Å². The molecule has 25 heavy (non-hydrogen) atoms. The summed E-state index contributed by atoms with van der Waals surface area (Å²) in [5.41, 5.74) is 1.67. The maximum Gasteiger partial charge on any atom is 0.270 e. The Kier molecular flexibility index (Phi) is 5.99. The van der Waals surface area contributed by atoms with E-state index in [4.69, 9.17) is 0 Å². The van der Waals surface area contributed by atoms with Gasteiger partial charge in [-0.25, -0.2) is 9.97 Å². The van der Waals surface area contributed by atoms with Crippen LogP contribution >= 0.6 is 0 Å². The lowest BCUT2D eigenvalue weighted by Gasteiger charge is -2.22. The normalized spacial score (nSPS) is 14.8. The van der Waals surface area contributed by atoms with Gasteiger partial charge >= 0.3 is 0 Å². The van der Waals surface area contributed by atoms with Crippen LogP contribution in [0.25, 0.3) is 0 Å². The third-order valence-corrected chi connectivity index (χ3v) is 4.53. The van der Waals surface area contributed by atoms with Gasteiger partial charge in [-0.1, -0.05) is 43.2 Å². The third kappa shape index (κ3) is 5.02. The minimum Gasteiger partial charge on any atom is -0.356 e. The number of nitrogens with zero attached hydrogens (tertiary/aromatic N) is 3. The van der Waals surface area contributed by atoms with Gasteiger partial charge in [0.15, 0.2) is 0 Å². The van der Waals surface area contributed by atoms with Crippen LogP contribution in [0.15, 0.2) is 36.4 Å². The predicted molar refractivity (Wildman–Crippen MR) is 99.9 cm³/mol. The molecule has 1 aromatic heterocycles. The van der Waals surface area contributed by atoms with Gasteiger partial charge < -0.3 is 10.2 Å². The summed E-state index contributed by atoms with van der Waals surface area (Å²) >= 11 is 0. The van der Waals surface area contributed by atoms with Crippen molar-refractivity contribution in [2.75, 3.05) is 24.5 Å². The highest BCUT2D eigenvalue weighted by molar-refractivity contribution is 5.92. The predicted octanol–water partition coefficient (Wildman–Crippen LogP) is 3.14. The summed E-state index contributed by atoms with van der Waals surface area (Å²) in [6, 6.07) is 12.0. The van der Waals surface area contributed by atoms with Crippen LogP contribution in [0.5, 0.6) is 0 Å². The molecule has 0 spiro atoms. The van der Waals surface area contributed by atoms with Gasteiger partial charge in [-0.3, -0.25) is 4.79 Å². The van der Waals surface area contributed by atoms with Crippen LogP contribution in [0.3, 0.4) is 0 Å². The van der Waals surface area contributed by atoms with Crippen LogP contribution in [0.2, 0.25) is 0 Å². The van der Waals surface area contributed by atoms with E-state index in [0.29, 0.717) is 18.1 Å². The minimum atomic E-state index is -0.127. The van der Waals surface area contributed by atoms with Gasteiger partial charge in [0.25, 0.3) is 5.91 Å². The molecule has 1 aliphatic rings. The highest BCUT2D eigenvalue weighted by Gasteiger charge is 2.15. The Morgan fingerprint density at radius 2 is 1.80 bits per heavy atom. The van der Waals surface area contributed by atoms with E-state index in [1.165, 1.54) is 31.2 Å². The molecule has 0 radical (unpaired) electrons. The molecule has 1 saturated heterocycles. The first-order chi connectivity index (χ1) is 12.2. The Hall–Kier alpha value is -2.43. The van der Waals surface area contributed by atoms with E-state index >= 15 is 0 Å². The first kappa shape index (κ1) is 17.4. The number of hydrogen-bond donors (Lipinski definition) is 1. The van der Waals surface area contributed by atoms with E-state index in [1.54, 1.807) is 0 Å². The molecule has 0 unspecified atom stereocenters. The lowest BCUT2D eigenvalue weighted by atomic mass is 10.1. The van der Waals surface area contributed by atoms with E-state index in [1.807, 2.05) is 31.2 Å². The number of aromatic nitrogens is 2. The molecule has 3 rings (SSSR count).